The maximum atomic E-state index is 12.4. The highest BCUT2D eigenvalue weighted by atomic mass is 16.2. The number of carbonyl (C=O) groups is 1. The first-order chi connectivity index (χ1) is 11.1. The van der Waals surface area contributed by atoms with Gasteiger partial charge in [0.05, 0.1) is 6.54 Å². The second kappa shape index (κ2) is 11.2. The minimum Gasteiger partial charge on any atom is -0.396 e. The van der Waals surface area contributed by atoms with Gasteiger partial charge in [0.25, 0.3) is 0 Å². The van der Waals surface area contributed by atoms with Crippen LogP contribution in [0.3, 0.4) is 0 Å². The number of para-hydroxylation sites is 1. The van der Waals surface area contributed by atoms with E-state index in [1.54, 1.807) is 0 Å². The Balaban J connectivity index is 2.56. The minimum atomic E-state index is 0.0443. The van der Waals surface area contributed by atoms with Gasteiger partial charge in [0.2, 0.25) is 5.91 Å². The molecule has 0 spiro atoms. The van der Waals surface area contributed by atoms with Gasteiger partial charge in [-0.3, -0.25) is 9.69 Å². The summed E-state index contributed by atoms with van der Waals surface area (Å²) >= 11 is 0. The zero-order chi connectivity index (χ0) is 17.1. The largest absolute Gasteiger partial charge is 0.396 e. The molecule has 0 radical (unpaired) electrons. The van der Waals surface area contributed by atoms with Gasteiger partial charge in [-0.2, -0.15) is 0 Å². The quantitative estimate of drug-likeness (QED) is 0.614. The van der Waals surface area contributed by atoms with Gasteiger partial charge in [-0.05, 0) is 57.3 Å². The van der Waals surface area contributed by atoms with Gasteiger partial charge >= 0.3 is 0 Å². The molecule has 4 nitrogen and oxygen atoms in total. The molecule has 0 aliphatic heterocycles. The second-order valence-corrected chi connectivity index (χ2v) is 6.23. The molecule has 2 N–H and O–H groups in total. The summed E-state index contributed by atoms with van der Waals surface area (Å²) < 4.78 is 0. The fraction of sp³-hybridized carbons (Fsp3) is 0.632. The van der Waals surface area contributed by atoms with Gasteiger partial charge < -0.3 is 10.4 Å². The Morgan fingerprint density at radius 3 is 2.26 bits per heavy atom. The van der Waals surface area contributed by atoms with E-state index in [0.29, 0.717) is 6.54 Å². The Bertz CT molecular complexity index is 444. The maximum absolute atomic E-state index is 12.4. The van der Waals surface area contributed by atoms with Crippen molar-refractivity contribution in [3.63, 3.8) is 0 Å². The summed E-state index contributed by atoms with van der Waals surface area (Å²) in [4.78, 5) is 14.6. The molecule has 1 aromatic carbocycles. The molecule has 0 bridgehead atoms. The Kier molecular flexibility index (Phi) is 9.57. The van der Waals surface area contributed by atoms with E-state index >= 15 is 0 Å². The third-order valence-electron chi connectivity index (χ3n) is 4.07. The molecule has 0 saturated heterocycles. The van der Waals surface area contributed by atoms with Gasteiger partial charge in [-0.25, -0.2) is 0 Å². The zero-order valence-electron chi connectivity index (χ0n) is 14.9. The summed E-state index contributed by atoms with van der Waals surface area (Å²) in [6, 6.07) is 6.04. The predicted molar refractivity (Wildman–Crippen MR) is 96.8 cm³/mol. The molecule has 0 saturated carbocycles. The standard InChI is InChI=1S/C19H32N2O2/c1-4-5-6-12-21(13-7-8-14-22)15-18(23)20-19-16(2)10-9-11-17(19)3/h9-11,22H,4-8,12-15H2,1-3H3,(H,20,23). The molecule has 0 heterocycles. The molecular weight excluding hydrogens is 288 g/mol. The maximum Gasteiger partial charge on any atom is 0.238 e. The predicted octanol–water partition coefficient (Wildman–Crippen LogP) is 3.51. The summed E-state index contributed by atoms with van der Waals surface area (Å²) in [7, 11) is 0. The molecule has 0 aliphatic rings. The van der Waals surface area contributed by atoms with Crippen LogP contribution in [-0.2, 0) is 4.79 Å². The van der Waals surface area contributed by atoms with Crippen LogP contribution in [0.2, 0.25) is 0 Å². The van der Waals surface area contributed by atoms with Crippen LogP contribution < -0.4 is 5.32 Å². The number of benzene rings is 1. The van der Waals surface area contributed by atoms with Crippen LogP contribution >= 0.6 is 0 Å². The lowest BCUT2D eigenvalue weighted by Crippen LogP contribution is -2.35. The lowest BCUT2D eigenvalue weighted by Gasteiger charge is -2.22. The summed E-state index contributed by atoms with van der Waals surface area (Å²) in [5.41, 5.74) is 3.12. The zero-order valence-corrected chi connectivity index (χ0v) is 14.9. The van der Waals surface area contributed by atoms with Gasteiger partial charge in [0.15, 0.2) is 0 Å². The molecule has 1 aromatic rings. The molecule has 0 aliphatic carbocycles. The van der Waals surface area contributed by atoms with Crippen molar-refractivity contribution < 1.29 is 9.90 Å². The summed E-state index contributed by atoms with van der Waals surface area (Å²) in [6.45, 7) is 8.67. The van der Waals surface area contributed by atoms with E-state index in [9.17, 15) is 4.79 Å². The highest BCUT2D eigenvalue weighted by Gasteiger charge is 2.12. The van der Waals surface area contributed by atoms with E-state index in [1.807, 2.05) is 32.0 Å². The van der Waals surface area contributed by atoms with Gasteiger partial charge in [-0.1, -0.05) is 38.0 Å². The third-order valence-corrected chi connectivity index (χ3v) is 4.07. The Labute approximate surface area is 140 Å². The van der Waals surface area contributed by atoms with Gasteiger partial charge in [0.1, 0.15) is 0 Å². The topological polar surface area (TPSA) is 52.6 Å². The van der Waals surface area contributed by atoms with Crippen LogP contribution in [-0.4, -0.2) is 42.2 Å². The Morgan fingerprint density at radius 1 is 1.09 bits per heavy atom. The minimum absolute atomic E-state index is 0.0443. The van der Waals surface area contributed by atoms with E-state index in [1.165, 1.54) is 12.8 Å². The summed E-state index contributed by atoms with van der Waals surface area (Å²) in [6.07, 6.45) is 5.21. The molecule has 4 heteroatoms. The van der Waals surface area contributed by atoms with Crippen molar-refractivity contribution in [3.8, 4) is 0 Å². The number of amides is 1. The van der Waals surface area contributed by atoms with Crippen LogP contribution in [0.5, 0.6) is 0 Å². The molecular formula is C19H32N2O2. The number of nitrogens with one attached hydrogen (secondary N) is 1. The van der Waals surface area contributed by atoms with E-state index in [-0.39, 0.29) is 12.5 Å². The Hall–Kier alpha value is -1.39. The highest BCUT2D eigenvalue weighted by Crippen LogP contribution is 2.19. The molecule has 1 amide bonds. The lowest BCUT2D eigenvalue weighted by atomic mass is 10.1. The number of anilines is 1. The number of aliphatic hydroxyl groups is 1. The van der Waals surface area contributed by atoms with Crippen molar-refractivity contribution in [2.45, 2.75) is 52.9 Å². The number of aryl methyl sites for hydroxylation is 2. The SMILES string of the molecule is CCCCCN(CCCCO)CC(=O)Nc1c(C)cccc1C. The molecule has 0 fully saturated rings. The van der Waals surface area contributed by atoms with Crippen molar-refractivity contribution in [1.82, 2.24) is 4.90 Å². The van der Waals surface area contributed by atoms with Crippen molar-refractivity contribution in [2.75, 3.05) is 31.6 Å². The van der Waals surface area contributed by atoms with Crippen LogP contribution in [0.4, 0.5) is 5.69 Å². The van der Waals surface area contributed by atoms with Crippen LogP contribution in [0.25, 0.3) is 0 Å². The molecule has 0 unspecified atom stereocenters. The summed E-state index contributed by atoms with van der Waals surface area (Å²) in [5, 5.41) is 12.0. The number of unbranched alkanes of at least 4 members (excludes halogenated alkanes) is 3. The van der Waals surface area contributed by atoms with Crippen molar-refractivity contribution in [3.05, 3.63) is 29.3 Å². The Morgan fingerprint density at radius 2 is 1.70 bits per heavy atom. The number of rotatable bonds is 11. The number of nitrogens with zero attached hydrogens (tertiary/aromatic N) is 1. The first kappa shape index (κ1) is 19.7. The number of hydrogen-bond donors (Lipinski definition) is 2. The highest BCUT2D eigenvalue weighted by molar-refractivity contribution is 5.93. The smallest absolute Gasteiger partial charge is 0.238 e. The molecule has 23 heavy (non-hydrogen) atoms. The third kappa shape index (κ3) is 7.62. The second-order valence-electron chi connectivity index (χ2n) is 6.23. The normalized spacial score (nSPS) is 11.0. The van der Waals surface area contributed by atoms with E-state index in [4.69, 9.17) is 5.11 Å². The number of hydrogen-bond acceptors (Lipinski definition) is 3. The molecule has 1 rings (SSSR count). The average molecular weight is 320 g/mol. The van der Waals surface area contributed by atoms with Gasteiger partial charge in [0, 0.05) is 12.3 Å². The van der Waals surface area contributed by atoms with E-state index in [2.05, 4.69) is 17.1 Å². The van der Waals surface area contributed by atoms with Crippen LogP contribution in [0.15, 0.2) is 18.2 Å². The van der Waals surface area contributed by atoms with Gasteiger partial charge in [-0.15, -0.1) is 0 Å². The van der Waals surface area contributed by atoms with Crippen molar-refractivity contribution in [2.24, 2.45) is 0 Å². The molecule has 0 atom stereocenters. The van der Waals surface area contributed by atoms with E-state index in [0.717, 1.165) is 49.2 Å². The molecule has 0 aromatic heterocycles. The van der Waals surface area contributed by atoms with Crippen molar-refractivity contribution in [1.29, 1.82) is 0 Å². The fourth-order valence-corrected chi connectivity index (χ4v) is 2.70. The fourth-order valence-electron chi connectivity index (χ4n) is 2.70. The summed E-state index contributed by atoms with van der Waals surface area (Å²) in [5.74, 6) is 0.0443. The average Bonchev–Trinajstić information content (AvgIpc) is 2.51. The van der Waals surface area contributed by atoms with Crippen LogP contribution in [0.1, 0.15) is 50.2 Å². The first-order valence-corrected chi connectivity index (χ1v) is 8.77. The van der Waals surface area contributed by atoms with Crippen molar-refractivity contribution >= 4 is 11.6 Å². The lowest BCUT2D eigenvalue weighted by molar-refractivity contribution is -0.117. The number of aliphatic hydroxyl groups excluding tert-OH is 1. The van der Waals surface area contributed by atoms with Crippen LogP contribution in [0, 0.1) is 13.8 Å². The first-order valence-electron chi connectivity index (χ1n) is 8.77. The number of carbonyl (C=O) groups excluding carboxylic acids is 1. The molecule has 130 valence electrons. The van der Waals surface area contributed by atoms with E-state index < -0.39 is 0 Å². The monoisotopic (exact) mass is 320 g/mol.